The molecule has 3 N–H and O–H groups in total. The topological polar surface area (TPSA) is 97.0 Å². The zero-order valence-electron chi connectivity index (χ0n) is 10.7. The number of hydrogen-bond acceptors (Lipinski definition) is 5. The minimum Gasteiger partial charge on any atom is -0.459 e. The van der Waals surface area contributed by atoms with Gasteiger partial charge in [0.15, 0.2) is 10.9 Å². The number of carbonyl (C=O) groups excluding carboxylic acids is 1. The number of halogens is 3. The first kappa shape index (κ1) is 16.8. The molecule has 2 rings (SSSR count). The third-order valence-electron chi connectivity index (χ3n) is 2.27. The van der Waals surface area contributed by atoms with E-state index in [1.54, 1.807) is 6.07 Å². The van der Waals surface area contributed by atoms with E-state index in [0.717, 1.165) is 0 Å². The highest BCUT2D eigenvalue weighted by Crippen LogP contribution is 2.29. The molecule has 118 valence electrons. The highest BCUT2D eigenvalue weighted by molar-refractivity contribution is 7.80. The number of carbonyl (C=O) groups is 1. The lowest BCUT2D eigenvalue weighted by atomic mass is 10.4. The standard InChI is InChI=1S/C10H9Cl3N6O2S/c11-10(12,13)8(16-7(20)6-2-1-3-21-6)17-9(22)18-19-4-14-15-5-19/h1-5,8H,(H,16,20)(H2,17,18,22). The molecular weight excluding hydrogens is 375 g/mol. The Hall–Kier alpha value is -1.55. The van der Waals surface area contributed by atoms with E-state index in [9.17, 15) is 4.79 Å². The zero-order chi connectivity index (χ0) is 16.2. The normalized spacial score (nSPS) is 12.5. The summed E-state index contributed by atoms with van der Waals surface area (Å²) in [6.45, 7) is 0. The molecule has 0 aliphatic rings. The molecule has 1 atom stereocenters. The molecule has 2 heterocycles. The van der Waals surface area contributed by atoms with Gasteiger partial charge >= 0.3 is 0 Å². The minimum atomic E-state index is -1.86. The number of nitrogens with one attached hydrogen (secondary N) is 3. The fourth-order valence-electron chi connectivity index (χ4n) is 1.35. The van der Waals surface area contributed by atoms with Crippen LogP contribution in [0, 0.1) is 0 Å². The lowest BCUT2D eigenvalue weighted by Crippen LogP contribution is -2.56. The van der Waals surface area contributed by atoms with Crippen LogP contribution in [0.2, 0.25) is 0 Å². The lowest BCUT2D eigenvalue weighted by Gasteiger charge is -2.27. The van der Waals surface area contributed by atoms with Crippen molar-refractivity contribution in [3.63, 3.8) is 0 Å². The molecule has 22 heavy (non-hydrogen) atoms. The fraction of sp³-hybridized carbons (Fsp3) is 0.200. The van der Waals surface area contributed by atoms with Gasteiger partial charge in [0.05, 0.1) is 6.26 Å². The van der Waals surface area contributed by atoms with E-state index in [2.05, 4.69) is 26.3 Å². The second-order valence-corrected chi connectivity index (χ2v) is 6.66. The average Bonchev–Trinajstić information content (AvgIpc) is 3.09. The van der Waals surface area contributed by atoms with Crippen molar-refractivity contribution < 1.29 is 9.21 Å². The van der Waals surface area contributed by atoms with Gasteiger partial charge in [0.1, 0.15) is 18.8 Å². The molecule has 8 nitrogen and oxygen atoms in total. The number of alkyl halides is 3. The third kappa shape index (κ3) is 4.73. The van der Waals surface area contributed by atoms with Crippen LogP contribution < -0.4 is 16.1 Å². The van der Waals surface area contributed by atoms with Crippen LogP contribution >= 0.6 is 47.0 Å². The van der Waals surface area contributed by atoms with Gasteiger partial charge in [-0.25, -0.2) is 4.68 Å². The summed E-state index contributed by atoms with van der Waals surface area (Å²) >= 11 is 22.6. The molecule has 2 aromatic rings. The van der Waals surface area contributed by atoms with Crippen molar-refractivity contribution in [2.24, 2.45) is 0 Å². The number of amides is 1. The molecule has 0 aromatic carbocycles. The molecule has 1 amide bonds. The van der Waals surface area contributed by atoms with Crippen molar-refractivity contribution in [1.82, 2.24) is 25.5 Å². The van der Waals surface area contributed by atoms with Gasteiger partial charge < -0.3 is 15.1 Å². The van der Waals surface area contributed by atoms with Crippen molar-refractivity contribution in [3.8, 4) is 0 Å². The number of rotatable bonds is 4. The summed E-state index contributed by atoms with van der Waals surface area (Å²) < 4.78 is 4.48. The third-order valence-corrected chi connectivity index (χ3v) is 3.14. The average molecular weight is 384 g/mol. The summed E-state index contributed by atoms with van der Waals surface area (Å²) in [5.41, 5.74) is 2.69. The summed E-state index contributed by atoms with van der Waals surface area (Å²) in [4.78, 5) is 12.0. The number of furan rings is 1. The first-order valence-corrected chi connectivity index (χ1v) is 7.23. The van der Waals surface area contributed by atoms with Crippen LogP contribution in [0.4, 0.5) is 0 Å². The van der Waals surface area contributed by atoms with Crippen LogP contribution in [0.15, 0.2) is 35.5 Å². The van der Waals surface area contributed by atoms with Crippen molar-refractivity contribution >= 4 is 58.0 Å². The lowest BCUT2D eigenvalue weighted by molar-refractivity contribution is 0.0906. The number of hydrogen-bond donors (Lipinski definition) is 3. The van der Waals surface area contributed by atoms with E-state index in [1.807, 2.05) is 0 Å². The van der Waals surface area contributed by atoms with E-state index >= 15 is 0 Å². The van der Waals surface area contributed by atoms with Crippen LogP contribution in [0.1, 0.15) is 10.6 Å². The van der Waals surface area contributed by atoms with Crippen LogP contribution in [0.3, 0.4) is 0 Å². The first-order chi connectivity index (χ1) is 10.4. The van der Waals surface area contributed by atoms with E-state index in [0.29, 0.717) is 0 Å². The van der Waals surface area contributed by atoms with Gasteiger partial charge in [-0.15, -0.1) is 10.2 Å². The Kier molecular flexibility index (Phi) is 5.46. The molecule has 0 aliphatic carbocycles. The number of thiocarbonyl (C=S) groups is 1. The van der Waals surface area contributed by atoms with Crippen molar-refractivity contribution in [2.75, 3.05) is 5.43 Å². The van der Waals surface area contributed by atoms with E-state index < -0.39 is 15.9 Å². The maximum atomic E-state index is 12.0. The molecule has 0 saturated heterocycles. The van der Waals surface area contributed by atoms with Gasteiger partial charge in [-0.1, -0.05) is 34.8 Å². The SMILES string of the molecule is O=C(NC(NC(=S)Nn1cnnc1)C(Cl)(Cl)Cl)c1ccco1. The summed E-state index contributed by atoms with van der Waals surface area (Å²) in [5, 5.41) is 12.4. The van der Waals surface area contributed by atoms with E-state index in [1.165, 1.54) is 29.7 Å². The highest BCUT2D eigenvalue weighted by Gasteiger charge is 2.35. The first-order valence-electron chi connectivity index (χ1n) is 5.69. The maximum Gasteiger partial charge on any atom is 0.288 e. The van der Waals surface area contributed by atoms with Gasteiger partial charge in [-0.3, -0.25) is 10.2 Å². The Morgan fingerprint density at radius 2 is 2.00 bits per heavy atom. The molecule has 0 aliphatic heterocycles. The van der Waals surface area contributed by atoms with Crippen LogP contribution in [0.5, 0.6) is 0 Å². The van der Waals surface area contributed by atoms with Crippen molar-refractivity contribution in [1.29, 1.82) is 0 Å². The van der Waals surface area contributed by atoms with Gasteiger partial charge in [-0.05, 0) is 24.4 Å². The van der Waals surface area contributed by atoms with Crippen LogP contribution in [-0.2, 0) is 0 Å². The van der Waals surface area contributed by atoms with Gasteiger partial charge in [0.25, 0.3) is 5.91 Å². The van der Waals surface area contributed by atoms with Gasteiger partial charge in [0.2, 0.25) is 3.79 Å². The molecule has 0 bridgehead atoms. The number of nitrogens with zero attached hydrogens (tertiary/aromatic N) is 3. The summed E-state index contributed by atoms with van der Waals surface area (Å²) in [5.74, 6) is -0.500. The summed E-state index contributed by atoms with van der Waals surface area (Å²) in [7, 11) is 0. The summed E-state index contributed by atoms with van der Waals surface area (Å²) in [6.07, 6.45) is 3.00. The molecule has 2 aromatic heterocycles. The molecule has 12 heteroatoms. The molecule has 0 spiro atoms. The smallest absolute Gasteiger partial charge is 0.288 e. The largest absolute Gasteiger partial charge is 0.459 e. The quantitative estimate of drug-likeness (QED) is 0.417. The van der Waals surface area contributed by atoms with E-state index in [4.69, 9.17) is 51.4 Å². The molecule has 1 unspecified atom stereocenters. The van der Waals surface area contributed by atoms with Crippen molar-refractivity contribution in [3.05, 3.63) is 36.8 Å². The monoisotopic (exact) mass is 382 g/mol. The second-order valence-electron chi connectivity index (χ2n) is 3.88. The van der Waals surface area contributed by atoms with Crippen molar-refractivity contribution in [2.45, 2.75) is 9.96 Å². The zero-order valence-corrected chi connectivity index (χ0v) is 13.7. The number of aromatic nitrogens is 3. The van der Waals surface area contributed by atoms with Gasteiger partial charge in [-0.2, -0.15) is 0 Å². The minimum absolute atomic E-state index is 0.0683. The molecule has 0 radical (unpaired) electrons. The molecule has 0 saturated carbocycles. The maximum absolute atomic E-state index is 12.0. The van der Waals surface area contributed by atoms with Gasteiger partial charge in [0, 0.05) is 0 Å². The Balaban J connectivity index is 2.00. The van der Waals surface area contributed by atoms with E-state index in [-0.39, 0.29) is 10.9 Å². The Morgan fingerprint density at radius 1 is 1.32 bits per heavy atom. The Bertz CT molecular complexity index is 628. The fourth-order valence-corrected chi connectivity index (χ4v) is 1.90. The highest BCUT2D eigenvalue weighted by atomic mass is 35.6. The van der Waals surface area contributed by atoms with Crippen LogP contribution in [-0.4, -0.2) is 35.9 Å². The Morgan fingerprint density at radius 3 is 2.55 bits per heavy atom. The molecule has 0 fully saturated rings. The second kappa shape index (κ2) is 7.14. The van der Waals surface area contributed by atoms with Crippen LogP contribution in [0.25, 0.3) is 0 Å². The Labute approximate surface area is 145 Å². The predicted molar refractivity (Wildman–Crippen MR) is 85.4 cm³/mol. The predicted octanol–water partition coefficient (Wildman–Crippen LogP) is 1.42. The molecular formula is C10H9Cl3N6O2S. The summed E-state index contributed by atoms with van der Waals surface area (Å²) in [6, 6.07) is 3.03.